The Bertz CT molecular complexity index is 277. The third kappa shape index (κ3) is 5.49. The van der Waals surface area contributed by atoms with Crippen molar-refractivity contribution in [1.29, 1.82) is 0 Å². The van der Waals surface area contributed by atoms with Crippen LogP contribution < -0.4 is 10.6 Å². The predicted octanol–water partition coefficient (Wildman–Crippen LogP) is 1.52. The molecule has 0 aliphatic carbocycles. The summed E-state index contributed by atoms with van der Waals surface area (Å²) in [7, 11) is 0. The molecule has 18 heavy (non-hydrogen) atoms. The van der Waals surface area contributed by atoms with Crippen molar-refractivity contribution in [3.8, 4) is 0 Å². The van der Waals surface area contributed by atoms with E-state index in [0.29, 0.717) is 6.42 Å². The van der Waals surface area contributed by atoms with Crippen molar-refractivity contribution in [2.45, 2.75) is 65.0 Å². The zero-order valence-corrected chi connectivity index (χ0v) is 11.9. The summed E-state index contributed by atoms with van der Waals surface area (Å²) in [5.41, 5.74) is -1.03. The molecule has 0 radical (unpaired) electrons. The lowest BCUT2D eigenvalue weighted by molar-refractivity contribution is -0.144. The predicted molar refractivity (Wildman–Crippen MR) is 71.5 cm³/mol. The molecule has 0 bridgehead atoms. The van der Waals surface area contributed by atoms with E-state index in [4.69, 9.17) is 5.11 Å². The second-order valence-electron chi connectivity index (χ2n) is 4.82. The van der Waals surface area contributed by atoms with Gasteiger partial charge in [0.05, 0.1) is 6.54 Å². The zero-order valence-electron chi connectivity index (χ0n) is 11.9. The van der Waals surface area contributed by atoms with Crippen LogP contribution in [-0.4, -0.2) is 35.1 Å². The lowest BCUT2D eigenvalue weighted by Gasteiger charge is -2.26. The van der Waals surface area contributed by atoms with E-state index in [1.165, 1.54) is 0 Å². The molecule has 0 aromatic rings. The number of rotatable bonds is 9. The maximum absolute atomic E-state index is 11.7. The maximum atomic E-state index is 11.7. The highest BCUT2D eigenvalue weighted by atomic mass is 16.4. The number of hydrogen-bond acceptors (Lipinski definition) is 3. The van der Waals surface area contributed by atoms with Gasteiger partial charge in [0, 0.05) is 6.04 Å². The molecule has 1 unspecified atom stereocenters. The Morgan fingerprint density at radius 1 is 1.22 bits per heavy atom. The molecule has 0 aromatic heterocycles. The largest absolute Gasteiger partial charge is 0.480 e. The highest BCUT2D eigenvalue weighted by molar-refractivity contribution is 5.82. The van der Waals surface area contributed by atoms with Gasteiger partial charge >= 0.3 is 5.97 Å². The molecule has 1 amide bonds. The summed E-state index contributed by atoms with van der Waals surface area (Å²) in [6, 6.07) is 0.168. The van der Waals surface area contributed by atoms with Crippen LogP contribution in [0.1, 0.15) is 53.4 Å². The number of carboxylic acid groups (broad SMARTS) is 1. The van der Waals surface area contributed by atoms with E-state index < -0.39 is 11.5 Å². The summed E-state index contributed by atoms with van der Waals surface area (Å²) in [6.07, 6.45) is 3.02. The van der Waals surface area contributed by atoms with Gasteiger partial charge in [-0.15, -0.1) is 0 Å². The first kappa shape index (κ1) is 16.9. The first-order valence-electron chi connectivity index (χ1n) is 6.67. The molecule has 0 aromatic carbocycles. The van der Waals surface area contributed by atoms with Gasteiger partial charge in [0.2, 0.25) is 5.91 Å². The van der Waals surface area contributed by atoms with Gasteiger partial charge in [-0.1, -0.05) is 27.2 Å². The molecule has 1 atom stereocenters. The van der Waals surface area contributed by atoms with E-state index in [0.717, 1.165) is 19.3 Å². The van der Waals surface area contributed by atoms with Gasteiger partial charge in [-0.05, 0) is 26.2 Å². The second-order valence-corrected chi connectivity index (χ2v) is 4.82. The highest BCUT2D eigenvalue weighted by Gasteiger charge is 2.32. The van der Waals surface area contributed by atoms with Crippen LogP contribution in [-0.2, 0) is 9.59 Å². The average molecular weight is 258 g/mol. The fourth-order valence-corrected chi connectivity index (χ4v) is 1.82. The molecule has 0 aliphatic heterocycles. The maximum Gasteiger partial charge on any atom is 0.323 e. The van der Waals surface area contributed by atoms with Gasteiger partial charge in [0.1, 0.15) is 5.54 Å². The minimum Gasteiger partial charge on any atom is -0.480 e. The third-order valence-electron chi connectivity index (χ3n) is 3.21. The van der Waals surface area contributed by atoms with Crippen LogP contribution in [0.4, 0.5) is 0 Å². The van der Waals surface area contributed by atoms with Crippen molar-refractivity contribution >= 4 is 11.9 Å². The Hall–Kier alpha value is -1.10. The first-order chi connectivity index (χ1) is 8.39. The minimum atomic E-state index is -1.03. The number of carbonyl (C=O) groups excluding carboxylic acids is 1. The first-order valence-corrected chi connectivity index (χ1v) is 6.67. The van der Waals surface area contributed by atoms with Crippen molar-refractivity contribution in [1.82, 2.24) is 10.6 Å². The average Bonchev–Trinajstić information content (AvgIpc) is 2.33. The summed E-state index contributed by atoms with van der Waals surface area (Å²) < 4.78 is 0. The molecule has 5 heteroatoms. The Kier molecular flexibility index (Phi) is 7.59. The van der Waals surface area contributed by atoms with Crippen LogP contribution in [0.2, 0.25) is 0 Å². The molecular weight excluding hydrogens is 232 g/mol. The van der Waals surface area contributed by atoms with Gasteiger partial charge in [-0.25, -0.2) is 0 Å². The molecule has 0 spiro atoms. The summed E-state index contributed by atoms with van der Waals surface area (Å²) in [4.78, 5) is 22.8. The zero-order chi connectivity index (χ0) is 14.2. The summed E-state index contributed by atoms with van der Waals surface area (Å²) in [5, 5.41) is 14.9. The normalized spacial score (nSPS) is 14.3. The van der Waals surface area contributed by atoms with E-state index in [1.807, 2.05) is 20.8 Å². The number of hydrogen-bond donors (Lipinski definition) is 3. The van der Waals surface area contributed by atoms with Crippen LogP contribution in [0.25, 0.3) is 0 Å². The number of carboxylic acids is 1. The number of amides is 1. The highest BCUT2D eigenvalue weighted by Crippen LogP contribution is 2.12. The number of nitrogens with one attached hydrogen (secondary N) is 2. The second kappa shape index (κ2) is 8.08. The van der Waals surface area contributed by atoms with Crippen molar-refractivity contribution in [2.75, 3.05) is 6.54 Å². The molecule has 0 saturated heterocycles. The van der Waals surface area contributed by atoms with E-state index in [2.05, 4.69) is 10.6 Å². The third-order valence-corrected chi connectivity index (χ3v) is 3.21. The molecular formula is C13H26N2O3. The van der Waals surface area contributed by atoms with E-state index >= 15 is 0 Å². The fourth-order valence-electron chi connectivity index (χ4n) is 1.82. The summed E-state index contributed by atoms with van der Waals surface area (Å²) in [5.74, 6) is -1.06. The Morgan fingerprint density at radius 2 is 1.78 bits per heavy atom. The standard InChI is InChI=1S/C13H26N2O3/c1-5-8-13(4,12(17)18)14-9-11(16)15-10(6-2)7-3/h10,14H,5-9H2,1-4H3,(H,15,16)(H,17,18). The lowest BCUT2D eigenvalue weighted by Crippen LogP contribution is -2.53. The monoisotopic (exact) mass is 258 g/mol. The van der Waals surface area contributed by atoms with Crippen molar-refractivity contribution in [3.63, 3.8) is 0 Å². The minimum absolute atomic E-state index is 0.0410. The SMILES string of the molecule is CCCC(C)(NCC(=O)NC(CC)CC)C(=O)O. The quantitative estimate of drug-likeness (QED) is 0.586. The molecule has 0 aliphatic rings. The summed E-state index contributed by atoms with van der Waals surface area (Å²) in [6.45, 7) is 7.61. The number of carbonyl (C=O) groups is 2. The van der Waals surface area contributed by atoms with Crippen molar-refractivity contribution < 1.29 is 14.7 Å². The van der Waals surface area contributed by atoms with Gasteiger partial charge in [0.15, 0.2) is 0 Å². The van der Waals surface area contributed by atoms with Gasteiger partial charge < -0.3 is 10.4 Å². The van der Waals surface area contributed by atoms with E-state index in [9.17, 15) is 9.59 Å². The molecule has 3 N–H and O–H groups in total. The van der Waals surface area contributed by atoms with Gasteiger partial charge in [-0.3, -0.25) is 14.9 Å². The van der Waals surface area contributed by atoms with Crippen LogP contribution in [0.5, 0.6) is 0 Å². The van der Waals surface area contributed by atoms with Crippen LogP contribution in [0.15, 0.2) is 0 Å². The van der Waals surface area contributed by atoms with Crippen molar-refractivity contribution in [3.05, 3.63) is 0 Å². The summed E-state index contributed by atoms with van der Waals surface area (Å²) >= 11 is 0. The molecule has 106 valence electrons. The van der Waals surface area contributed by atoms with Crippen LogP contribution >= 0.6 is 0 Å². The van der Waals surface area contributed by atoms with E-state index in [1.54, 1.807) is 6.92 Å². The number of aliphatic carboxylic acids is 1. The molecule has 0 heterocycles. The molecule has 0 fully saturated rings. The molecule has 0 rings (SSSR count). The topological polar surface area (TPSA) is 78.4 Å². The Balaban J connectivity index is 4.28. The van der Waals surface area contributed by atoms with Crippen molar-refractivity contribution in [2.24, 2.45) is 0 Å². The van der Waals surface area contributed by atoms with E-state index in [-0.39, 0.29) is 18.5 Å². The molecule has 0 saturated carbocycles. The Morgan fingerprint density at radius 3 is 2.17 bits per heavy atom. The smallest absolute Gasteiger partial charge is 0.323 e. The Labute approximate surface area is 109 Å². The van der Waals surface area contributed by atoms with Gasteiger partial charge in [0.25, 0.3) is 0 Å². The van der Waals surface area contributed by atoms with Crippen LogP contribution in [0.3, 0.4) is 0 Å². The molecule has 5 nitrogen and oxygen atoms in total. The van der Waals surface area contributed by atoms with Gasteiger partial charge in [-0.2, -0.15) is 0 Å². The lowest BCUT2D eigenvalue weighted by atomic mass is 9.96. The van der Waals surface area contributed by atoms with Crippen LogP contribution in [0, 0.1) is 0 Å². The fraction of sp³-hybridized carbons (Fsp3) is 0.846.